The van der Waals surface area contributed by atoms with Crippen molar-refractivity contribution in [3.8, 4) is 0 Å². The highest BCUT2D eigenvalue weighted by Crippen LogP contribution is 2.41. The third-order valence-corrected chi connectivity index (χ3v) is 7.32. The number of carbonyl (C=O) groups is 1. The predicted octanol–water partition coefficient (Wildman–Crippen LogP) is 4.48. The Labute approximate surface area is 169 Å². The van der Waals surface area contributed by atoms with Crippen LogP contribution < -0.4 is 15.5 Å². The van der Waals surface area contributed by atoms with Crippen LogP contribution in [0.25, 0.3) is 21.0 Å². The first-order valence-corrected chi connectivity index (χ1v) is 11.0. The fourth-order valence-corrected chi connectivity index (χ4v) is 5.53. The van der Waals surface area contributed by atoms with Crippen molar-refractivity contribution in [2.75, 3.05) is 29.9 Å². The first-order valence-electron chi connectivity index (χ1n) is 10.2. The Morgan fingerprint density at radius 1 is 1.25 bits per heavy atom. The normalized spacial score (nSPS) is 22.4. The Bertz CT molecular complexity index is 1070. The van der Waals surface area contributed by atoms with Crippen molar-refractivity contribution in [3.63, 3.8) is 0 Å². The molecule has 28 heavy (non-hydrogen) atoms. The van der Waals surface area contributed by atoms with Crippen molar-refractivity contribution in [3.05, 3.63) is 29.1 Å². The van der Waals surface area contributed by atoms with E-state index in [1.165, 1.54) is 6.42 Å². The Balaban J connectivity index is 1.59. The number of aromatic nitrogens is 1. The fourth-order valence-electron chi connectivity index (χ4n) is 4.43. The number of rotatable bonds is 2. The lowest BCUT2D eigenvalue weighted by Gasteiger charge is -2.19. The number of anilines is 2. The second kappa shape index (κ2) is 6.62. The molecule has 2 aliphatic rings. The zero-order valence-corrected chi connectivity index (χ0v) is 17.4. The molecular formula is C22H26N4OS. The second-order valence-corrected chi connectivity index (χ2v) is 9.53. The van der Waals surface area contributed by atoms with E-state index in [9.17, 15) is 4.79 Å². The molecule has 6 heteroatoms. The predicted molar refractivity (Wildman–Crippen MR) is 118 cm³/mol. The summed E-state index contributed by atoms with van der Waals surface area (Å²) in [4.78, 5) is 20.7. The molecule has 2 atom stereocenters. The van der Waals surface area contributed by atoms with E-state index in [0.717, 1.165) is 62.9 Å². The van der Waals surface area contributed by atoms with Gasteiger partial charge in [-0.25, -0.2) is 4.98 Å². The number of benzene rings is 1. The summed E-state index contributed by atoms with van der Waals surface area (Å²) in [6.45, 7) is 9.55. The Kier molecular flexibility index (Phi) is 4.19. The molecule has 5 rings (SSSR count). The quantitative estimate of drug-likeness (QED) is 0.673. The summed E-state index contributed by atoms with van der Waals surface area (Å²) in [5, 5.41) is 8.80. The topological polar surface area (TPSA) is 57.3 Å². The first kappa shape index (κ1) is 17.7. The third kappa shape index (κ3) is 2.82. The van der Waals surface area contributed by atoms with E-state index < -0.39 is 0 Å². The molecule has 4 heterocycles. The molecule has 0 bridgehead atoms. The number of pyridine rings is 1. The SMILES string of the molecule is CC(C)[C@@H]1CCN(c2ccc3c(ccc4sc5c(c43)NC[C@@H](C)NC5=O)n2)C1. The number of nitrogens with one attached hydrogen (secondary N) is 2. The van der Waals surface area contributed by atoms with Gasteiger partial charge in [0.2, 0.25) is 0 Å². The first-order chi connectivity index (χ1) is 13.5. The molecule has 146 valence electrons. The zero-order valence-electron chi connectivity index (χ0n) is 16.6. The average Bonchev–Trinajstić information content (AvgIpc) is 3.28. The van der Waals surface area contributed by atoms with Crippen LogP contribution >= 0.6 is 11.3 Å². The number of hydrogen-bond acceptors (Lipinski definition) is 5. The summed E-state index contributed by atoms with van der Waals surface area (Å²) in [7, 11) is 0. The van der Waals surface area contributed by atoms with Gasteiger partial charge < -0.3 is 15.5 Å². The lowest BCUT2D eigenvalue weighted by atomic mass is 9.95. The van der Waals surface area contributed by atoms with E-state index in [1.54, 1.807) is 11.3 Å². The standard InChI is InChI=1S/C22H26N4OS/c1-12(2)14-8-9-26(11-14)18-7-4-15-16(25-18)5-6-17-19(15)20-21(28-17)22(27)24-13(3)10-23-20/h4-7,12-14,23H,8-11H2,1-3H3,(H,24,27)/t13-,14-/m1/s1. The molecule has 2 aromatic heterocycles. The van der Waals surface area contributed by atoms with E-state index in [1.807, 2.05) is 6.92 Å². The number of hydrogen-bond donors (Lipinski definition) is 2. The monoisotopic (exact) mass is 394 g/mol. The Hall–Kier alpha value is -2.34. The van der Waals surface area contributed by atoms with E-state index in [2.05, 4.69) is 53.6 Å². The number of thiophene rings is 1. The van der Waals surface area contributed by atoms with Crippen LogP contribution in [-0.2, 0) is 0 Å². The van der Waals surface area contributed by atoms with Gasteiger partial charge in [0, 0.05) is 41.1 Å². The molecule has 0 spiro atoms. The van der Waals surface area contributed by atoms with Crippen LogP contribution in [0.2, 0.25) is 0 Å². The lowest BCUT2D eigenvalue weighted by Crippen LogP contribution is -2.34. The van der Waals surface area contributed by atoms with Crippen molar-refractivity contribution in [1.29, 1.82) is 0 Å². The van der Waals surface area contributed by atoms with Crippen LogP contribution in [0.3, 0.4) is 0 Å². The van der Waals surface area contributed by atoms with Crippen molar-refractivity contribution in [2.45, 2.75) is 33.2 Å². The molecule has 0 unspecified atom stereocenters. The van der Waals surface area contributed by atoms with Gasteiger partial charge >= 0.3 is 0 Å². The maximum Gasteiger partial charge on any atom is 0.263 e. The van der Waals surface area contributed by atoms with Gasteiger partial charge in [-0.05, 0) is 49.4 Å². The van der Waals surface area contributed by atoms with Gasteiger partial charge in [-0.15, -0.1) is 11.3 Å². The summed E-state index contributed by atoms with van der Waals surface area (Å²) in [5.41, 5.74) is 1.96. The lowest BCUT2D eigenvalue weighted by molar-refractivity contribution is 0.0949. The Morgan fingerprint density at radius 3 is 2.89 bits per heavy atom. The van der Waals surface area contributed by atoms with Crippen LogP contribution in [-0.4, -0.2) is 36.6 Å². The van der Waals surface area contributed by atoms with Crippen molar-refractivity contribution in [2.24, 2.45) is 11.8 Å². The molecule has 3 aromatic rings. The summed E-state index contributed by atoms with van der Waals surface area (Å²) in [5.74, 6) is 2.54. The van der Waals surface area contributed by atoms with Gasteiger partial charge in [0.25, 0.3) is 5.91 Å². The van der Waals surface area contributed by atoms with Gasteiger partial charge in [0.15, 0.2) is 0 Å². The van der Waals surface area contributed by atoms with Crippen LogP contribution in [0.4, 0.5) is 11.5 Å². The summed E-state index contributed by atoms with van der Waals surface area (Å²) in [6, 6.07) is 8.64. The average molecular weight is 395 g/mol. The molecular weight excluding hydrogens is 368 g/mol. The van der Waals surface area contributed by atoms with Gasteiger partial charge in [-0.1, -0.05) is 13.8 Å². The van der Waals surface area contributed by atoms with Crippen LogP contribution in [0.1, 0.15) is 36.9 Å². The van der Waals surface area contributed by atoms with Gasteiger partial charge in [-0.2, -0.15) is 0 Å². The maximum atomic E-state index is 12.6. The van der Waals surface area contributed by atoms with Crippen molar-refractivity contribution in [1.82, 2.24) is 10.3 Å². The highest BCUT2D eigenvalue weighted by molar-refractivity contribution is 7.21. The van der Waals surface area contributed by atoms with Crippen LogP contribution in [0.5, 0.6) is 0 Å². The van der Waals surface area contributed by atoms with Crippen LogP contribution in [0.15, 0.2) is 24.3 Å². The molecule has 2 N–H and O–H groups in total. The molecule has 1 fully saturated rings. The number of amides is 1. The largest absolute Gasteiger partial charge is 0.381 e. The smallest absolute Gasteiger partial charge is 0.263 e. The molecule has 0 saturated carbocycles. The van der Waals surface area contributed by atoms with E-state index in [0.29, 0.717) is 5.92 Å². The van der Waals surface area contributed by atoms with E-state index >= 15 is 0 Å². The minimum atomic E-state index is 0.0169. The minimum absolute atomic E-state index is 0.0169. The minimum Gasteiger partial charge on any atom is -0.381 e. The van der Waals surface area contributed by atoms with E-state index in [4.69, 9.17) is 4.98 Å². The number of nitrogens with zero attached hydrogens (tertiary/aromatic N) is 2. The van der Waals surface area contributed by atoms with Crippen LogP contribution in [0, 0.1) is 11.8 Å². The molecule has 1 saturated heterocycles. The van der Waals surface area contributed by atoms with Crippen molar-refractivity contribution < 1.29 is 4.79 Å². The number of carbonyl (C=O) groups excluding carboxylic acids is 1. The fraction of sp³-hybridized carbons (Fsp3) is 0.455. The van der Waals surface area contributed by atoms with Crippen molar-refractivity contribution >= 4 is 49.7 Å². The molecule has 1 amide bonds. The highest BCUT2D eigenvalue weighted by atomic mass is 32.1. The summed E-state index contributed by atoms with van der Waals surface area (Å²) in [6.07, 6.45) is 1.24. The molecule has 2 aliphatic heterocycles. The maximum absolute atomic E-state index is 12.6. The molecule has 0 aliphatic carbocycles. The van der Waals surface area contributed by atoms with Gasteiger partial charge in [0.05, 0.1) is 11.2 Å². The molecule has 0 radical (unpaired) electrons. The molecule has 5 nitrogen and oxygen atoms in total. The van der Waals surface area contributed by atoms with Gasteiger partial charge in [-0.3, -0.25) is 4.79 Å². The Morgan fingerprint density at radius 2 is 2.11 bits per heavy atom. The second-order valence-electron chi connectivity index (χ2n) is 8.48. The third-order valence-electron chi connectivity index (χ3n) is 6.17. The summed E-state index contributed by atoms with van der Waals surface area (Å²) < 4.78 is 1.13. The number of fused-ring (bicyclic) bond motifs is 5. The summed E-state index contributed by atoms with van der Waals surface area (Å²) >= 11 is 1.56. The highest BCUT2D eigenvalue weighted by Gasteiger charge is 2.27. The molecule has 1 aromatic carbocycles. The van der Waals surface area contributed by atoms with E-state index in [-0.39, 0.29) is 11.9 Å². The van der Waals surface area contributed by atoms with Gasteiger partial charge in [0.1, 0.15) is 10.7 Å². The zero-order chi connectivity index (χ0) is 19.4.